The summed E-state index contributed by atoms with van der Waals surface area (Å²) in [5.74, 6) is -0.261. The van der Waals surface area contributed by atoms with E-state index >= 15 is 0 Å². The minimum Gasteiger partial charge on any atom is -0.350 e. The van der Waals surface area contributed by atoms with Crippen molar-refractivity contribution in [2.75, 3.05) is 0 Å². The molecule has 1 N–H and O–H groups in total. The van der Waals surface area contributed by atoms with Crippen LogP contribution in [0, 0.1) is 0 Å². The number of halogens is 1. The predicted molar refractivity (Wildman–Crippen MR) is 117 cm³/mol. The lowest BCUT2D eigenvalue weighted by Crippen LogP contribution is -2.31. The zero-order chi connectivity index (χ0) is 20.9. The van der Waals surface area contributed by atoms with Crippen LogP contribution in [0.5, 0.6) is 0 Å². The molecule has 0 aliphatic carbocycles. The maximum absolute atomic E-state index is 12.5. The van der Waals surface area contributed by atoms with E-state index in [1.165, 1.54) is 10.6 Å². The number of carbonyl (C=O) groups excluding carboxylic acids is 1. The van der Waals surface area contributed by atoms with E-state index in [1.807, 2.05) is 48.7 Å². The molecule has 7 nitrogen and oxygen atoms in total. The van der Waals surface area contributed by atoms with Crippen LogP contribution in [0.1, 0.15) is 5.56 Å². The number of rotatable bonds is 6. The van der Waals surface area contributed by atoms with E-state index < -0.39 is 0 Å². The lowest BCUT2D eigenvalue weighted by Gasteiger charge is -2.08. The standard InChI is InChI=1S/C22H18BrN5O2/c23-18-6-7-21(30)27(14-18)15-20(29)25-12-17-13-28(19-4-2-1-3-5-19)26-22(17)16-8-10-24-11-9-16/h1-11,13-14H,12,15H2,(H,25,29). The summed E-state index contributed by atoms with van der Waals surface area (Å²) in [6.45, 7) is 0.224. The third kappa shape index (κ3) is 4.55. The average molecular weight is 464 g/mol. The van der Waals surface area contributed by atoms with Gasteiger partial charge in [-0.3, -0.25) is 14.6 Å². The molecule has 0 fully saturated rings. The second-order valence-corrected chi connectivity index (χ2v) is 7.52. The van der Waals surface area contributed by atoms with Crippen LogP contribution in [-0.2, 0) is 17.9 Å². The number of pyridine rings is 2. The summed E-state index contributed by atoms with van der Waals surface area (Å²) < 4.78 is 3.88. The molecular weight excluding hydrogens is 446 g/mol. The molecule has 1 amide bonds. The van der Waals surface area contributed by atoms with Gasteiger partial charge in [-0.15, -0.1) is 0 Å². The highest BCUT2D eigenvalue weighted by Gasteiger charge is 2.14. The van der Waals surface area contributed by atoms with Crippen LogP contribution in [0.25, 0.3) is 16.9 Å². The van der Waals surface area contributed by atoms with Crippen molar-refractivity contribution in [1.29, 1.82) is 0 Å². The Morgan fingerprint density at radius 3 is 2.53 bits per heavy atom. The van der Waals surface area contributed by atoms with Crippen LogP contribution in [0.4, 0.5) is 0 Å². The summed E-state index contributed by atoms with van der Waals surface area (Å²) in [7, 11) is 0. The molecule has 0 aliphatic heterocycles. The molecule has 0 saturated heterocycles. The first kappa shape index (κ1) is 19.8. The molecule has 0 aliphatic rings. The van der Waals surface area contributed by atoms with Crippen molar-refractivity contribution >= 4 is 21.8 Å². The first-order chi connectivity index (χ1) is 14.6. The van der Waals surface area contributed by atoms with Crippen LogP contribution < -0.4 is 10.9 Å². The zero-order valence-electron chi connectivity index (χ0n) is 15.9. The summed E-state index contributed by atoms with van der Waals surface area (Å²) in [4.78, 5) is 28.4. The molecular formula is C22H18BrN5O2. The second kappa shape index (κ2) is 8.87. The Kier molecular flexibility index (Phi) is 5.85. The summed E-state index contributed by atoms with van der Waals surface area (Å²) in [5, 5.41) is 7.60. The van der Waals surface area contributed by atoms with E-state index in [1.54, 1.807) is 29.3 Å². The van der Waals surface area contributed by atoms with Gasteiger partial charge in [0.05, 0.1) is 11.4 Å². The van der Waals surface area contributed by atoms with Gasteiger partial charge in [-0.2, -0.15) is 5.10 Å². The number of nitrogens with zero attached hydrogens (tertiary/aromatic N) is 4. The largest absolute Gasteiger partial charge is 0.350 e. The van der Waals surface area contributed by atoms with Gasteiger partial charge in [0, 0.05) is 53.0 Å². The quantitative estimate of drug-likeness (QED) is 0.476. The molecule has 0 atom stereocenters. The number of hydrogen-bond acceptors (Lipinski definition) is 4. The van der Waals surface area contributed by atoms with Gasteiger partial charge in [0.2, 0.25) is 5.91 Å². The predicted octanol–water partition coefficient (Wildman–Crippen LogP) is 3.17. The maximum Gasteiger partial charge on any atom is 0.251 e. The Hall–Kier alpha value is -3.52. The van der Waals surface area contributed by atoms with Gasteiger partial charge >= 0.3 is 0 Å². The van der Waals surface area contributed by atoms with Crippen molar-refractivity contribution in [3.8, 4) is 16.9 Å². The van der Waals surface area contributed by atoms with E-state index in [9.17, 15) is 9.59 Å². The minimum absolute atomic E-state index is 0.0598. The topological polar surface area (TPSA) is 81.8 Å². The average Bonchev–Trinajstić information content (AvgIpc) is 3.20. The van der Waals surface area contributed by atoms with Crippen molar-refractivity contribution < 1.29 is 4.79 Å². The van der Waals surface area contributed by atoms with Crippen LogP contribution in [0.15, 0.2) is 88.7 Å². The number of carbonyl (C=O) groups is 1. The molecule has 0 bridgehead atoms. The summed E-state index contributed by atoms with van der Waals surface area (Å²) in [6.07, 6.45) is 6.91. The highest BCUT2D eigenvalue weighted by atomic mass is 79.9. The van der Waals surface area contributed by atoms with Crippen molar-refractivity contribution in [3.05, 3.63) is 99.8 Å². The fraction of sp³-hybridized carbons (Fsp3) is 0.0909. The Morgan fingerprint density at radius 1 is 1.00 bits per heavy atom. The zero-order valence-corrected chi connectivity index (χ0v) is 17.5. The van der Waals surface area contributed by atoms with Gasteiger partial charge < -0.3 is 9.88 Å². The first-order valence-corrected chi connectivity index (χ1v) is 10.1. The molecule has 4 aromatic rings. The van der Waals surface area contributed by atoms with Crippen molar-refractivity contribution in [2.45, 2.75) is 13.1 Å². The van der Waals surface area contributed by atoms with Gasteiger partial charge in [0.1, 0.15) is 6.54 Å². The molecule has 0 unspecified atom stereocenters. The Balaban J connectivity index is 1.57. The Morgan fingerprint density at radius 2 is 1.77 bits per heavy atom. The van der Waals surface area contributed by atoms with E-state index in [0.717, 1.165) is 27.0 Å². The van der Waals surface area contributed by atoms with Gasteiger partial charge in [-0.1, -0.05) is 18.2 Å². The number of hydrogen-bond donors (Lipinski definition) is 1. The SMILES string of the molecule is O=C(Cn1cc(Br)ccc1=O)NCc1cn(-c2ccccc2)nc1-c1ccncc1. The molecule has 3 aromatic heterocycles. The molecule has 1 aromatic carbocycles. The highest BCUT2D eigenvalue weighted by molar-refractivity contribution is 9.10. The Labute approximate surface area is 181 Å². The lowest BCUT2D eigenvalue weighted by molar-refractivity contribution is -0.121. The number of aromatic nitrogens is 4. The third-order valence-corrected chi connectivity index (χ3v) is 4.97. The molecule has 30 heavy (non-hydrogen) atoms. The van der Waals surface area contributed by atoms with Gasteiger partial charge in [0.25, 0.3) is 5.56 Å². The van der Waals surface area contributed by atoms with Gasteiger partial charge in [0.15, 0.2) is 0 Å². The smallest absolute Gasteiger partial charge is 0.251 e. The van der Waals surface area contributed by atoms with Crippen LogP contribution in [0.3, 0.4) is 0 Å². The van der Waals surface area contributed by atoms with Crippen LogP contribution in [0.2, 0.25) is 0 Å². The molecule has 3 heterocycles. The van der Waals surface area contributed by atoms with Gasteiger partial charge in [-0.05, 0) is 46.3 Å². The fourth-order valence-corrected chi connectivity index (χ4v) is 3.41. The molecule has 0 radical (unpaired) electrons. The van der Waals surface area contributed by atoms with Crippen LogP contribution in [-0.4, -0.2) is 25.2 Å². The van der Waals surface area contributed by atoms with Crippen molar-refractivity contribution in [2.24, 2.45) is 0 Å². The molecule has 0 spiro atoms. The van der Waals surface area contributed by atoms with E-state index in [2.05, 4.69) is 26.2 Å². The first-order valence-electron chi connectivity index (χ1n) is 9.27. The van der Waals surface area contributed by atoms with Gasteiger partial charge in [-0.25, -0.2) is 4.68 Å². The third-order valence-electron chi connectivity index (χ3n) is 4.50. The molecule has 4 rings (SSSR count). The fourth-order valence-electron chi connectivity index (χ4n) is 3.04. The van der Waals surface area contributed by atoms with Crippen molar-refractivity contribution in [1.82, 2.24) is 24.6 Å². The highest BCUT2D eigenvalue weighted by Crippen LogP contribution is 2.23. The summed E-state index contributed by atoms with van der Waals surface area (Å²) in [6, 6.07) is 16.6. The second-order valence-electron chi connectivity index (χ2n) is 6.61. The lowest BCUT2D eigenvalue weighted by atomic mass is 10.1. The number of benzene rings is 1. The number of nitrogens with one attached hydrogen (secondary N) is 1. The van der Waals surface area contributed by atoms with E-state index in [4.69, 9.17) is 5.10 Å². The van der Waals surface area contributed by atoms with Crippen LogP contribution >= 0.6 is 15.9 Å². The number of amides is 1. The molecule has 8 heteroatoms. The number of para-hydroxylation sites is 1. The summed E-state index contributed by atoms with van der Waals surface area (Å²) in [5.41, 5.74) is 3.22. The van der Waals surface area contributed by atoms with Crippen molar-refractivity contribution in [3.63, 3.8) is 0 Å². The maximum atomic E-state index is 12.5. The monoisotopic (exact) mass is 463 g/mol. The summed E-state index contributed by atoms with van der Waals surface area (Å²) >= 11 is 3.31. The van der Waals surface area contributed by atoms with E-state index in [-0.39, 0.29) is 24.6 Å². The van der Waals surface area contributed by atoms with E-state index in [0.29, 0.717) is 0 Å². The molecule has 0 saturated carbocycles. The minimum atomic E-state index is -0.261. The normalized spacial score (nSPS) is 10.7. The Bertz CT molecular complexity index is 1220. The molecule has 150 valence electrons.